The summed E-state index contributed by atoms with van der Waals surface area (Å²) in [5.74, 6) is 1.55. The number of hydrogen-bond donors (Lipinski definition) is 2. The van der Waals surface area contributed by atoms with Gasteiger partial charge < -0.3 is 9.88 Å². The minimum absolute atomic E-state index is 0.121. The fourth-order valence-electron chi connectivity index (χ4n) is 12.0. The fraction of sp³-hybridized carbons (Fsp3) is 0.141. The van der Waals surface area contributed by atoms with Crippen LogP contribution in [0.4, 0.5) is 0 Å². The van der Waals surface area contributed by atoms with E-state index in [-0.39, 0.29) is 17.7 Å². The van der Waals surface area contributed by atoms with Crippen molar-refractivity contribution < 1.29 is 0 Å². The lowest BCUT2D eigenvalue weighted by molar-refractivity contribution is 0.408. The quantitative estimate of drug-likeness (QED) is 0.167. The maximum absolute atomic E-state index is 5.43. The maximum Gasteiger partial charge on any atom is 0.131 e. The lowest BCUT2D eigenvalue weighted by atomic mass is 9.71. The number of amidine groups is 1. The smallest absolute Gasteiger partial charge is 0.131 e. The summed E-state index contributed by atoms with van der Waals surface area (Å²) in [6.45, 7) is 7.18. The second-order valence-electron chi connectivity index (χ2n) is 19.6. The van der Waals surface area contributed by atoms with Gasteiger partial charge >= 0.3 is 0 Å². The first-order valence-corrected chi connectivity index (χ1v) is 24.2. The van der Waals surface area contributed by atoms with Gasteiger partial charge in [0.1, 0.15) is 18.2 Å². The topological polar surface area (TPSA) is 41.4 Å². The third-order valence-electron chi connectivity index (χ3n) is 15.4. The van der Waals surface area contributed by atoms with Crippen LogP contribution in [-0.4, -0.2) is 10.4 Å². The van der Waals surface area contributed by atoms with Crippen LogP contribution in [0.5, 0.6) is 0 Å². The zero-order valence-corrected chi connectivity index (χ0v) is 38.6. The normalized spacial score (nSPS) is 18.2. The molecule has 328 valence electrons. The number of nitrogens with one attached hydrogen (secondary N) is 2. The molecule has 0 saturated carbocycles. The zero-order chi connectivity index (χ0) is 45.5. The molecule has 10 aromatic rings. The number of aliphatic imine (C=N–C) groups is 1. The Morgan fingerprint density at radius 3 is 2.09 bits per heavy atom. The van der Waals surface area contributed by atoms with Crippen molar-refractivity contribution in [2.24, 2.45) is 4.99 Å². The molecule has 2 N–H and O–H groups in total. The Morgan fingerprint density at radius 1 is 0.559 bits per heavy atom. The second-order valence-corrected chi connectivity index (χ2v) is 19.6. The molecule has 4 atom stereocenters. The third-order valence-corrected chi connectivity index (χ3v) is 15.4. The Balaban J connectivity index is 0.868. The molecular formula is C64H52N4. The molecule has 4 heteroatoms. The van der Waals surface area contributed by atoms with Gasteiger partial charge in [0.2, 0.25) is 0 Å². The lowest BCUT2D eigenvalue weighted by Gasteiger charge is -2.34. The summed E-state index contributed by atoms with van der Waals surface area (Å²) in [6.07, 6.45) is 0.553. The van der Waals surface area contributed by atoms with Crippen LogP contribution in [-0.2, 0) is 11.8 Å². The minimum Gasteiger partial charge on any atom is -0.350 e. The zero-order valence-electron chi connectivity index (χ0n) is 38.6. The van der Waals surface area contributed by atoms with Crippen molar-refractivity contribution in [1.29, 1.82) is 0 Å². The molecule has 1 aliphatic heterocycles. The summed E-state index contributed by atoms with van der Waals surface area (Å²) in [5, 5.41) is 10.4. The summed E-state index contributed by atoms with van der Waals surface area (Å²) in [6, 6.07) is 78.2. The van der Waals surface area contributed by atoms with E-state index in [2.05, 4.69) is 248 Å². The van der Waals surface area contributed by atoms with Crippen molar-refractivity contribution in [3.05, 3.63) is 257 Å². The Labute approximate surface area is 398 Å². The van der Waals surface area contributed by atoms with E-state index in [1.54, 1.807) is 0 Å². The predicted molar refractivity (Wildman–Crippen MR) is 282 cm³/mol. The number of benzene rings is 9. The van der Waals surface area contributed by atoms with Crippen molar-refractivity contribution in [2.45, 2.75) is 56.8 Å². The van der Waals surface area contributed by atoms with E-state index in [0.717, 1.165) is 29.1 Å². The van der Waals surface area contributed by atoms with E-state index in [1.165, 1.54) is 88.6 Å². The Hall–Kier alpha value is -7.79. The van der Waals surface area contributed by atoms with Crippen LogP contribution in [0.3, 0.4) is 0 Å². The summed E-state index contributed by atoms with van der Waals surface area (Å²) < 4.78 is 2.45. The summed E-state index contributed by atoms with van der Waals surface area (Å²) in [4.78, 5) is 5.43. The number of nitrogens with zero attached hydrogens (tertiary/aromatic N) is 2. The molecule has 68 heavy (non-hydrogen) atoms. The van der Waals surface area contributed by atoms with E-state index < -0.39 is 0 Å². The minimum atomic E-state index is -0.289. The van der Waals surface area contributed by atoms with Crippen LogP contribution < -0.4 is 10.6 Å². The van der Waals surface area contributed by atoms with Crippen molar-refractivity contribution in [3.8, 4) is 39.1 Å². The molecule has 2 aliphatic carbocycles. The molecule has 4 unspecified atom stereocenters. The van der Waals surface area contributed by atoms with Crippen molar-refractivity contribution >= 4 is 27.6 Å². The van der Waals surface area contributed by atoms with Crippen LogP contribution in [0.1, 0.15) is 89.4 Å². The first-order valence-electron chi connectivity index (χ1n) is 24.2. The van der Waals surface area contributed by atoms with E-state index in [9.17, 15) is 0 Å². The van der Waals surface area contributed by atoms with Crippen molar-refractivity contribution in [2.75, 3.05) is 0 Å². The largest absolute Gasteiger partial charge is 0.350 e. The lowest BCUT2D eigenvalue weighted by Crippen LogP contribution is -2.45. The van der Waals surface area contributed by atoms with Crippen LogP contribution >= 0.6 is 0 Å². The monoisotopic (exact) mass is 876 g/mol. The first kappa shape index (κ1) is 40.5. The van der Waals surface area contributed by atoms with Crippen LogP contribution in [0, 0.1) is 0 Å². The molecule has 13 rings (SSSR count). The molecular weight excluding hydrogens is 825 g/mol. The summed E-state index contributed by atoms with van der Waals surface area (Å²) in [5.41, 5.74) is 21.6. The summed E-state index contributed by atoms with van der Waals surface area (Å²) >= 11 is 0. The number of rotatable bonds is 7. The van der Waals surface area contributed by atoms with Crippen molar-refractivity contribution in [1.82, 2.24) is 15.2 Å². The van der Waals surface area contributed by atoms with Gasteiger partial charge in [-0.05, 0) is 115 Å². The Kier molecular flexibility index (Phi) is 9.49. The third kappa shape index (κ3) is 6.50. The molecule has 0 spiro atoms. The average molecular weight is 877 g/mol. The highest BCUT2D eigenvalue weighted by atomic mass is 15.3. The van der Waals surface area contributed by atoms with Gasteiger partial charge in [0.05, 0.1) is 11.0 Å². The molecule has 3 aliphatic rings. The van der Waals surface area contributed by atoms with Gasteiger partial charge in [-0.15, -0.1) is 0 Å². The van der Waals surface area contributed by atoms with Gasteiger partial charge in [-0.1, -0.05) is 209 Å². The molecule has 0 radical (unpaired) electrons. The molecule has 2 heterocycles. The summed E-state index contributed by atoms with van der Waals surface area (Å²) in [7, 11) is 0. The number of para-hydroxylation sites is 1. The first-order chi connectivity index (χ1) is 33.4. The van der Waals surface area contributed by atoms with Crippen LogP contribution in [0.2, 0.25) is 0 Å². The van der Waals surface area contributed by atoms with Crippen LogP contribution in [0.25, 0.3) is 60.9 Å². The predicted octanol–water partition coefficient (Wildman–Crippen LogP) is 15.2. The van der Waals surface area contributed by atoms with E-state index >= 15 is 0 Å². The van der Waals surface area contributed by atoms with Crippen molar-refractivity contribution in [3.63, 3.8) is 0 Å². The second kappa shape index (κ2) is 15.9. The highest BCUT2D eigenvalue weighted by Crippen LogP contribution is 2.53. The maximum atomic E-state index is 5.43. The van der Waals surface area contributed by atoms with E-state index in [1.807, 2.05) is 0 Å². The molecule has 0 fully saturated rings. The van der Waals surface area contributed by atoms with Gasteiger partial charge in [0.25, 0.3) is 0 Å². The van der Waals surface area contributed by atoms with Gasteiger partial charge in [-0.2, -0.15) is 0 Å². The number of fused-ring (bicyclic) bond motifs is 10. The highest BCUT2D eigenvalue weighted by Gasteiger charge is 2.38. The number of aromatic nitrogens is 1. The molecule has 4 nitrogen and oxygen atoms in total. The molecule has 0 bridgehead atoms. The average Bonchev–Trinajstić information content (AvgIpc) is 3.86. The van der Waals surface area contributed by atoms with Gasteiger partial charge in [0.15, 0.2) is 0 Å². The molecule has 0 amide bonds. The highest BCUT2D eigenvalue weighted by molar-refractivity contribution is 6.14. The SMILES string of the molecule is CC(c1cccc(C2NC(c3ccc(-c4ccccc4)cc3)=NC(c3ccc(-n4c5ccccc5c5c6c(ccc54)-c4ccccc4C6(C)C)cc3)N2)c1)C1Cc2ccccc2-c2ccccc21. The Morgan fingerprint density at radius 2 is 1.25 bits per heavy atom. The van der Waals surface area contributed by atoms with E-state index in [4.69, 9.17) is 4.99 Å². The molecule has 9 aromatic carbocycles. The van der Waals surface area contributed by atoms with Gasteiger partial charge in [0, 0.05) is 27.4 Å². The van der Waals surface area contributed by atoms with E-state index in [0.29, 0.717) is 11.8 Å². The molecule has 1 aromatic heterocycles. The van der Waals surface area contributed by atoms with Gasteiger partial charge in [-0.25, -0.2) is 4.99 Å². The van der Waals surface area contributed by atoms with Gasteiger partial charge in [-0.3, -0.25) is 5.32 Å². The fourth-order valence-corrected chi connectivity index (χ4v) is 12.0. The molecule has 0 saturated heterocycles. The van der Waals surface area contributed by atoms with Crippen LogP contribution in [0.15, 0.2) is 217 Å². The Bertz CT molecular complexity index is 3600. The standard InChI is InChI=1S/C64H52N4/c1-40(55-39-46-18-7-8-21-49(46)50-22-9-10-23-51(50)55)45-19-15-20-47(38-45)63-66-61(43-30-28-42(29-31-43)41-16-5-4-6-17-41)65-62(67-63)44-32-34-48(35-33-44)68-57-27-14-12-25-54(57)59-58(68)37-36-53-52-24-11-13-26-56(52)64(2,3)60(53)59/h4-38,40,55,62-63,67H,39H2,1-3H3,(H,65,66). The number of hydrogen-bond acceptors (Lipinski definition) is 3.